The van der Waals surface area contributed by atoms with Gasteiger partial charge in [0.1, 0.15) is 0 Å². The van der Waals surface area contributed by atoms with Crippen molar-refractivity contribution in [2.75, 3.05) is 5.32 Å². The lowest BCUT2D eigenvalue weighted by Crippen LogP contribution is -2.56. The molecular formula is C12H14BrClN2O. The highest BCUT2D eigenvalue weighted by Gasteiger charge is 2.40. The van der Waals surface area contributed by atoms with Gasteiger partial charge in [-0.25, -0.2) is 0 Å². The molecule has 5 heteroatoms. The molecule has 1 fully saturated rings. The van der Waals surface area contributed by atoms with Crippen molar-refractivity contribution in [3.63, 3.8) is 0 Å². The molecule has 0 saturated heterocycles. The molecule has 0 spiro atoms. The lowest BCUT2D eigenvalue weighted by Gasteiger charge is -2.36. The van der Waals surface area contributed by atoms with Crippen LogP contribution >= 0.6 is 27.5 Å². The zero-order chi connectivity index (χ0) is 12.6. The predicted molar refractivity (Wildman–Crippen MR) is 73.3 cm³/mol. The van der Waals surface area contributed by atoms with Gasteiger partial charge in [-0.05, 0) is 59.8 Å². The first-order valence-electron chi connectivity index (χ1n) is 5.48. The molecule has 3 nitrogen and oxygen atoms in total. The number of hydrogen-bond acceptors (Lipinski definition) is 2. The Labute approximate surface area is 114 Å². The number of halogens is 2. The molecule has 0 heterocycles. The molecule has 1 aromatic carbocycles. The number of hydrogen-bond donors (Lipinski definition) is 2. The van der Waals surface area contributed by atoms with E-state index >= 15 is 0 Å². The van der Waals surface area contributed by atoms with Crippen molar-refractivity contribution in [1.82, 2.24) is 0 Å². The van der Waals surface area contributed by atoms with Crippen LogP contribution < -0.4 is 11.1 Å². The Bertz CT molecular complexity index is 472. The van der Waals surface area contributed by atoms with Gasteiger partial charge >= 0.3 is 0 Å². The van der Waals surface area contributed by atoms with Gasteiger partial charge in [0.15, 0.2) is 0 Å². The smallest absolute Gasteiger partial charge is 0.244 e. The highest BCUT2D eigenvalue weighted by molar-refractivity contribution is 9.10. The van der Waals surface area contributed by atoms with E-state index in [1.165, 1.54) is 0 Å². The molecular weight excluding hydrogens is 304 g/mol. The molecule has 1 aliphatic carbocycles. The third-order valence-corrected chi connectivity index (χ3v) is 4.26. The Balaban J connectivity index is 2.19. The fourth-order valence-corrected chi connectivity index (χ4v) is 2.49. The van der Waals surface area contributed by atoms with Crippen LogP contribution in [-0.4, -0.2) is 11.4 Å². The number of anilines is 1. The van der Waals surface area contributed by atoms with Crippen LogP contribution in [0.3, 0.4) is 0 Å². The van der Waals surface area contributed by atoms with Crippen LogP contribution in [0.4, 0.5) is 5.69 Å². The molecule has 17 heavy (non-hydrogen) atoms. The number of carbonyl (C=O) groups excluding carboxylic acids is 1. The van der Waals surface area contributed by atoms with Gasteiger partial charge in [0.25, 0.3) is 0 Å². The van der Waals surface area contributed by atoms with Crippen molar-refractivity contribution in [2.24, 2.45) is 5.73 Å². The highest BCUT2D eigenvalue weighted by Crippen LogP contribution is 2.33. The van der Waals surface area contributed by atoms with Crippen LogP contribution in [0.5, 0.6) is 0 Å². The van der Waals surface area contributed by atoms with Gasteiger partial charge in [0.2, 0.25) is 5.91 Å². The van der Waals surface area contributed by atoms with Crippen molar-refractivity contribution in [2.45, 2.75) is 31.7 Å². The van der Waals surface area contributed by atoms with Gasteiger partial charge in [0.05, 0.1) is 11.2 Å². The van der Waals surface area contributed by atoms with Crippen LogP contribution in [0, 0.1) is 6.92 Å². The van der Waals surface area contributed by atoms with Crippen molar-refractivity contribution in [3.05, 3.63) is 27.2 Å². The summed E-state index contributed by atoms with van der Waals surface area (Å²) in [5, 5.41) is 3.45. The standard InChI is InChI=1S/C12H14BrClN2O/c1-7-5-8(13)10(6-9(7)14)16-11(17)12(15)3-2-4-12/h5-6H,2-4,15H2,1H3,(H,16,17). The molecule has 0 aliphatic heterocycles. The van der Waals surface area contributed by atoms with E-state index in [0.29, 0.717) is 10.7 Å². The number of nitrogens with one attached hydrogen (secondary N) is 1. The maximum Gasteiger partial charge on any atom is 0.244 e. The Morgan fingerprint density at radius 1 is 1.53 bits per heavy atom. The van der Waals surface area contributed by atoms with Gasteiger partial charge in [-0.3, -0.25) is 4.79 Å². The fourth-order valence-electron chi connectivity index (χ4n) is 1.77. The average Bonchev–Trinajstić information content (AvgIpc) is 2.22. The van der Waals surface area contributed by atoms with E-state index in [1.54, 1.807) is 6.07 Å². The summed E-state index contributed by atoms with van der Waals surface area (Å²) >= 11 is 9.43. The van der Waals surface area contributed by atoms with E-state index in [-0.39, 0.29) is 5.91 Å². The Kier molecular flexibility index (Phi) is 3.48. The molecule has 3 N–H and O–H groups in total. The number of carbonyl (C=O) groups is 1. The largest absolute Gasteiger partial charge is 0.323 e. The van der Waals surface area contributed by atoms with Crippen LogP contribution in [0.1, 0.15) is 24.8 Å². The first-order chi connectivity index (χ1) is 7.92. The van der Waals surface area contributed by atoms with E-state index < -0.39 is 5.54 Å². The van der Waals surface area contributed by atoms with Crippen LogP contribution in [0.15, 0.2) is 16.6 Å². The van der Waals surface area contributed by atoms with Gasteiger partial charge in [0, 0.05) is 9.50 Å². The second-order valence-corrected chi connectivity index (χ2v) is 5.81. The number of aryl methyl sites for hydroxylation is 1. The molecule has 2 rings (SSSR count). The average molecular weight is 318 g/mol. The summed E-state index contributed by atoms with van der Waals surface area (Å²) in [5.74, 6) is -0.135. The zero-order valence-corrected chi connectivity index (χ0v) is 11.9. The summed E-state index contributed by atoms with van der Waals surface area (Å²) in [4.78, 5) is 12.0. The number of benzene rings is 1. The second-order valence-electron chi connectivity index (χ2n) is 4.55. The van der Waals surface area contributed by atoms with E-state index in [4.69, 9.17) is 17.3 Å². The summed E-state index contributed by atoms with van der Waals surface area (Å²) in [6.45, 7) is 1.91. The summed E-state index contributed by atoms with van der Waals surface area (Å²) in [6.07, 6.45) is 2.51. The van der Waals surface area contributed by atoms with Crippen molar-refractivity contribution < 1.29 is 4.79 Å². The summed E-state index contributed by atoms with van der Waals surface area (Å²) in [7, 11) is 0. The molecule has 0 radical (unpaired) electrons. The predicted octanol–water partition coefficient (Wildman–Crippen LogP) is 3.23. The minimum Gasteiger partial charge on any atom is -0.323 e. The lowest BCUT2D eigenvalue weighted by atomic mass is 9.77. The van der Waals surface area contributed by atoms with Crippen LogP contribution in [0.25, 0.3) is 0 Å². The SMILES string of the molecule is Cc1cc(Br)c(NC(=O)C2(N)CCC2)cc1Cl. The number of nitrogens with two attached hydrogens (primary N) is 1. The number of rotatable bonds is 2. The summed E-state index contributed by atoms with van der Waals surface area (Å²) < 4.78 is 0.815. The molecule has 0 unspecified atom stereocenters. The zero-order valence-electron chi connectivity index (χ0n) is 9.52. The molecule has 1 amide bonds. The van der Waals surface area contributed by atoms with Crippen molar-refractivity contribution in [3.8, 4) is 0 Å². The van der Waals surface area contributed by atoms with Crippen molar-refractivity contribution >= 4 is 39.1 Å². The van der Waals surface area contributed by atoms with E-state index in [0.717, 1.165) is 29.3 Å². The first kappa shape index (κ1) is 12.9. The van der Waals surface area contributed by atoms with Crippen LogP contribution in [-0.2, 0) is 4.79 Å². The summed E-state index contributed by atoms with van der Waals surface area (Å²) in [6, 6.07) is 3.61. The maximum atomic E-state index is 12.0. The third-order valence-electron chi connectivity index (χ3n) is 3.19. The minimum atomic E-state index is -0.698. The van der Waals surface area contributed by atoms with E-state index in [1.807, 2.05) is 13.0 Å². The topological polar surface area (TPSA) is 55.1 Å². The highest BCUT2D eigenvalue weighted by atomic mass is 79.9. The van der Waals surface area contributed by atoms with Crippen LogP contribution in [0.2, 0.25) is 5.02 Å². The lowest BCUT2D eigenvalue weighted by molar-refractivity contribution is -0.123. The molecule has 92 valence electrons. The monoisotopic (exact) mass is 316 g/mol. The quantitative estimate of drug-likeness (QED) is 0.880. The normalized spacial score (nSPS) is 17.4. The van der Waals surface area contributed by atoms with E-state index in [2.05, 4.69) is 21.2 Å². The molecule has 1 saturated carbocycles. The van der Waals surface area contributed by atoms with Gasteiger partial charge < -0.3 is 11.1 Å². The fraction of sp³-hybridized carbons (Fsp3) is 0.417. The first-order valence-corrected chi connectivity index (χ1v) is 6.65. The van der Waals surface area contributed by atoms with Gasteiger partial charge in [-0.2, -0.15) is 0 Å². The molecule has 0 bridgehead atoms. The maximum absolute atomic E-state index is 12.0. The van der Waals surface area contributed by atoms with Gasteiger partial charge in [-0.15, -0.1) is 0 Å². The molecule has 1 aliphatic rings. The number of amides is 1. The minimum absolute atomic E-state index is 0.135. The Morgan fingerprint density at radius 2 is 2.18 bits per heavy atom. The van der Waals surface area contributed by atoms with Gasteiger partial charge in [-0.1, -0.05) is 11.6 Å². The Hall–Kier alpha value is -0.580. The Morgan fingerprint density at radius 3 is 2.71 bits per heavy atom. The third kappa shape index (κ3) is 2.49. The second kappa shape index (κ2) is 4.59. The molecule has 0 aromatic heterocycles. The molecule has 1 aromatic rings. The summed E-state index contributed by atoms with van der Waals surface area (Å²) in [5.41, 5.74) is 6.88. The van der Waals surface area contributed by atoms with E-state index in [9.17, 15) is 4.79 Å². The molecule has 0 atom stereocenters. The van der Waals surface area contributed by atoms with Crippen molar-refractivity contribution in [1.29, 1.82) is 0 Å².